The van der Waals surface area contributed by atoms with E-state index in [1.807, 2.05) is 13.8 Å². The van der Waals surface area contributed by atoms with Gasteiger partial charge in [0.2, 0.25) is 0 Å². The molecule has 2 aromatic carbocycles. The zero-order chi connectivity index (χ0) is 30.4. The fourth-order valence-electron chi connectivity index (χ4n) is 7.94. The number of benzene rings is 2. The Bertz CT molecular complexity index is 1510. The molecule has 42 heavy (non-hydrogen) atoms. The average Bonchev–Trinajstić information content (AvgIpc) is 2.93. The average molecular weight is 581 g/mol. The highest BCUT2D eigenvalue weighted by molar-refractivity contribution is 6.19. The molecule has 0 aromatic heterocycles. The summed E-state index contributed by atoms with van der Waals surface area (Å²) >= 11 is 0. The van der Waals surface area contributed by atoms with Gasteiger partial charge in [0, 0.05) is 17.4 Å². The van der Waals surface area contributed by atoms with Gasteiger partial charge in [-0.25, -0.2) is 0 Å². The van der Waals surface area contributed by atoms with E-state index >= 15 is 0 Å². The number of phenolic OH excluding ortho intramolecular Hbond substituents is 2. The molecule has 10 heteroatoms. The topological polar surface area (TPSA) is 149 Å². The van der Waals surface area contributed by atoms with Crippen LogP contribution < -0.4 is 9.47 Å². The van der Waals surface area contributed by atoms with Crippen LogP contribution >= 0.6 is 0 Å². The summed E-state index contributed by atoms with van der Waals surface area (Å²) in [6.07, 6.45) is -1.65. The monoisotopic (exact) mass is 580 g/mol. The number of hydrogen-bond donors (Lipinski definition) is 3. The molecule has 10 nitrogen and oxygen atoms in total. The van der Waals surface area contributed by atoms with Crippen molar-refractivity contribution < 1.29 is 48.7 Å². The summed E-state index contributed by atoms with van der Waals surface area (Å²) < 4.78 is 23.0. The predicted octanol–water partition coefficient (Wildman–Crippen LogP) is 4.25. The summed E-state index contributed by atoms with van der Waals surface area (Å²) in [4.78, 5) is 41.5. The van der Waals surface area contributed by atoms with Crippen LogP contribution in [0.1, 0.15) is 83.3 Å². The van der Waals surface area contributed by atoms with Crippen molar-refractivity contribution in [2.75, 3.05) is 14.2 Å². The number of carbonyl (C=O) groups is 3. The molecular weight excluding hydrogens is 544 g/mol. The molecule has 9 atom stereocenters. The third-order valence-electron chi connectivity index (χ3n) is 9.66. The molecule has 2 heterocycles. The SMILES string of the molecule is COc1cc2c(c(O)c1-c1c(OC)cc3c(c1O)C(=O)[C@H]1[C@@H](C[C@H](C)O[C@@H]1C)[C@H]3O)C(=O)[C@@H]1[C@@H](C)O[C@@H](C)C[C@H]1C2=O. The number of aliphatic hydroxyl groups excluding tert-OH is 1. The number of carbonyl (C=O) groups excluding carboxylic acids is 3. The number of rotatable bonds is 3. The molecule has 2 fully saturated rings. The van der Waals surface area contributed by atoms with Crippen molar-refractivity contribution in [1.29, 1.82) is 0 Å². The van der Waals surface area contributed by atoms with Crippen LogP contribution in [0.5, 0.6) is 23.0 Å². The van der Waals surface area contributed by atoms with Crippen molar-refractivity contribution in [2.24, 2.45) is 23.7 Å². The first kappa shape index (κ1) is 28.6. The lowest BCUT2D eigenvalue weighted by Gasteiger charge is -2.44. The fraction of sp³-hybridized carbons (Fsp3) is 0.531. The second kappa shape index (κ2) is 10.1. The number of fused-ring (bicyclic) bond motifs is 4. The highest BCUT2D eigenvalue weighted by atomic mass is 16.5. The van der Waals surface area contributed by atoms with E-state index in [2.05, 4.69) is 0 Å². The van der Waals surface area contributed by atoms with E-state index in [1.54, 1.807) is 13.8 Å². The minimum Gasteiger partial charge on any atom is -0.506 e. The minimum absolute atomic E-state index is 0.0115. The molecule has 2 saturated heterocycles. The molecule has 224 valence electrons. The number of hydrogen-bond acceptors (Lipinski definition) is 10. The lowest BCUT2D eigenvalue weighted by molar-refractivity contribution is -0.110. The van der Waals surface area contributed by atoms with Crippen molar-refractivity contribution in [2.45, 2.75) is 71.1 Å². The molecule has 2 aliphatic carbocycles. The highest BCUT2D eigenvalue weighted by Crippen LogP contribution is 2.57. The van der Waals surface area contributed by atoms with Crippen LogP contribution in [-0.2, 0) is 9.47 Å². The third-order valence-corrected chi connectivity index (χ3v) is 9.66. The Kier molecular flexibility index (Phi) is 6.87. The molecule has 4 aliphatic rings. The van der Waals surface area contributed by atoms with Crippen molar-refractivity contribution in [3.05, 3.63) is 34.4 Å². The zero-order valence-corrected chi connectivity index (χ0v) is 24.5. The first-order valence-corrected chi connectivity index (χ1v) is 14.4. The van der Waals surface area contributed by atoms with Crippen molar-refractivity contribution >= 4 is 17.3 Å². The molecule has 0 spiro atoms. The number of ketones is 3. The second-order valence-corrected chi connectivity index (χ2v) is 12.1. The lowest BCUT2D eigenvalue weighted by Crippen LogP contribution is -2.49. The summed E-state index contributed by atoms with van der Waals surface area (Å²) in [7, 11) is 2.69. The summed E-state index contributed by atoms with van der Waals surface area (Å²) in [6, 6.07) is 2.88. The Morgan fingerprint density at radius 2 is 1.24 bits per heavy atom. The van der Waals surface area contributed by atoms with E-state index in [0.717, 1.165) is 0 Å². The van der Waals surface area contributed by atoms with Crippen LogP contribution in [0.2, 0.25) is 0 Å². The summed E-state index contributed by atoms with van der Waals surface area (Å²) in [6.45, 7) is 7.26. The molecule has 0 radical (unpaired) electrons. The van der Waals surface area contributed by atoms with Gasteiger partial charge in [0.25, 0.3) is 0 Å². The quantitative estimate of drug-likeness (QED) is 0.481. The molecule has 6 rings (SSSR count). The van der Waals surface area contributed by atoms with Gasteiger partial charge in [-0.15, -0.1) is 0 Å². The van der Waals surface area contributed by atoms with Gasteiger partial charge in [-0.1, -0.05) is 0 Å². The largest absolute Gasteiger partial charge is 0.506 e. The second-order valence-electron chi connectivity index (χ2n) is 12.1. The van der Waals surface area contributed by atoms with E-state index in [4.69, 9.17) is 18.9 Å². The maximum Gasteiger partial charge on any atom is 0.173 e. The molecule has 2 aromatic rings. The van der Waals surface area contributed by atoms with Gasteiger partial charge in [-0.2, -0.15) is 0 Å². The fourth-order valence-corrected chi connectivity index (χ4v) is 7.94. The van der Waals surface area contributed by atoms with Crippen LogP contribution in [0, 0.1) is 23.7 Å². The standard InChI is InChI=1S/C32H36O10/c1-11-7-15-21(13(3)41-11)29(35)23-17(27(15)33)9-19(39-5)25(31(23)37)26-20(40-6)10-18-24(32(26)38)30(36)22-14(4)42-12(2)8-16(22)28(18)34/h9-16,21-22,27,33,37-38H,7-8H2,1-6H3/t11-,12-,13+,14+,15+,16+,21+,22+,27+/m0/s1. The Labute approximate surface area is 243 Å². The zero-order valence-electron chi connectivity index (χ0n) is 24.5. The van der Waals surface area contributed by atoms with E-state index in [1.165, 1.54) is 26.4 Å². The Morgan fingerprint density at radius 1 is 0.714 bits per heavy atom. The van der Waals surface area contributed by atoms with E-state index in [-0.39, 0.29) is 62.9 Å². The Balaban J connectivity index is 1.58. The van der Waals surface area contributed by atoms with Gasteiger partial charge < -0.3 is 34.3 Å². The van der Waals surface area contributed by atoms with Gasteiger partial charge in [0.05, 0.1) is 78.8 Å². The van der Waals surface area contributed by atoms with Crippen LogP contribution in [-0.4, -0.2) is 71.3 Å². The Morgan fingerprint density at radius 3 is 1.86 bits per heavy atom. The van der Waals surface area contributed by atoms with Gasteiger partial charge in [0.1, 0.15) is 23.0 Å². The van der Waals surface area contributed by atoms with Gasteiger partial charge in [-0.3, -0.25) is 14.4 Å². The molecule has 3 N–H and O–H groups in total. The maximum absolute atomic E-state index is 13.9. The predicted molar refractivity (Wildman–Crippen MR) is 149 cm³/mol. The Hall–Kier alpha value is -3.47. The van der Waals surface area contributed by atoms with Crippen LogP contribution in [0.4, 0.5) is 0 Å². The first-order chi connectivity index (χ1) is 19.9. The summed E-state index contributed by atoms with van der Waals surface area (Å²) in [5.41, 5.74) is -0.224. The molecule has 2 aliphatic heterocycles. The minimum atomic E-state index is -1.07. The number of aliphatic hydroxyl groups is 1. The number of aromatic hydroxyl groups is 2. The summed E-state index contributed by atoms with van der Waals surface area (Å²) in [5, 5.41) is 34.9. The van der Waals surface area contributed by atoms with Crippen molar-refractivity contribution in [3.63, 3.8) is 0 Å². The molecule has 0 saturated carbocycles. The first-order valence-electron chi connectivity index (χ1n) is 14.4. The molecule has 0 amide bonds. The van der Waals surface area contributed by atoms with Gasteiger partial charge >= 0.3 is 0 Å². The van der Waals surface area contributed by atoms with Crippen molar-refractivity contribution in [3.8, 4) is 34.1 Å². The van der Waals surface area contributed by atoms with Crippen LogP contribution in [0.15, 0.2) is 12.1 Å². The van der Waals surface area contributed by atoms with Crippen molar-refractivity contribution in [1.82, 2.24) is 0 Å². The number of methoxy groups -OCH3 is 2. The van der Waals surface area contributed by atoms with Gasteiger partial charge in [0.15, 0.2) is 17.3 Å². The van der Waals surface area contributed by atoms with E-state index < -0.39 is 65.0 Å². The van der Waals surface area contributed by atoms with Crippen LogP contribution in [0.25, 0.3) is 11.1 Å². The number of ether oxygens (including phenoxy) is 4. The van der Waals surface area contributed by atoms with E-state index in [0.29, 0.717) is 12.8 Å². The molecule has 0 bridgehead atoms. The number of Topliss-reactive ketones (excluding diaryl/α,β-unsaturated/α-hetero) is 3. The highest BCUT2D eigenvalue weighted by Gasteiger charge is 2.52. The van der Waals surface area contributed by atoms with Gasteiger partial charge in [-0.05, 0) is 58.2 Å². The smallest absolute Gasteiger partial charge is 0.173 e. The molecule has 0 unspecified atom stereocenters. The maximum atomic E-state index is 13.9. The van der Waals surface area contributed by atoms with Crippen LogP contribution in [0.3, 0.4) is 0 Å². The lowest BCUT2D eigenvalue weighted by atomic mass is 9.66. The summed E-state index contributed by atoms with van der Waals surface area (Å²) in [5.74, 6) is -4.64. The molecular formula is C32H36O10. The number of phenols is 2. The van der Waals surface area contributed by atoms with E-state index in [9.17, 15) is 29.7 Å². The normalized spacial score (nSPS) is 33.8. The third kappa shape index (κ3) is 3.92.